The molecule has 13 heteroatoms. The first-order valence-corrected chi connectivity index (χ1v) is 16.7. The highest BCUT2D eigenvalue weighted by atomic mass is 16.6. The number of nitrogens with two attached hydrogens (primary N) is 1. The summed E-state index contributed by atoms with van der Waals surface area (Å²) in [5.74, 6) is -2.21. The summed E-state index contributed by atoms with van der Waals surface area (Å²) < 4.78 is 16.3. The Morgan fingerprint density at radius 2 is 1.35 bits per heavy atom. The zero-order valence-electron chi connectivity index (χ0n) is 30.4. The molecule has 272 valence electrons. The molecule has 0 radical (unpaired) electrons. The monoisotopic (exact) mass is 685 g/mol. The van der Waals surface area contributed by atoms with E-state index in [1.807, 2.05) is 30.3 Å². The van der Waals surface area contributed by atoms with E-state index in [0.717, 1.165) is 16.5 Å². The van der Waals surface area contributed by atoms with Crippen LogP contribution in [-0.2, 0) is 39.8 Å². The van der Waals surface area contributed by atoms with Crippen molar-refractivity contribution in [3.63, 3.8) is 0 Å². The van der Waals surface area contributed by atoms with Crippen molar-refractivity contribution in [2.45, 2.75) is 136 Å². The van der Waals surface area contributed by atoms with Gasteiger partial charge in [-0.2, -0.15) is 0 Å². The number of amides is 3. The van der Waals surface area contributed by atoms with Crippen molar-refractivity contribution in [1.82, 2.24) is 20.9 Å². The SMILES string of the molecule is CC(C)(C)OC(=O)CC[C@H](NC(=O)N[C@@H](CCCCNC(=O)[C@@H](N)Cc1ccc2ncccc2c1)C(=O)OC(C)(C)C)C(=O)OC(C)(C)C. The molecule has 0 spiro atoms. The molecule has 1 aromatic carbocycles. The Labute approximate surface area is 289 Å². The highest BCUT2D eigenvalue weighted by Gasteiger charge is 2.31. The number of urea groups is 1. The van der Waals surface area contributed by atoms with Gasteiger partial charge in [-0.3, -0.25) is 14.6 Å². The Hall–Kier alpha value is -4.26. The van der Waals surface area contributed by atoms with Gasteiger partial charge in [0.2, 0.25) is 5.91 Å². The van der Waals surface area contributed by atoms with Crippen LogP contribution in [0.15, 0.2) is 36.5 Å². The van der Waals surface area contributed by atoms with E-state index in [1.165, 1.54) is 0 Å². The van der Waals surface area contributed by atoms with Crippen LogP contribution < -0.4 is 21.7 Å². The molecule has 0 saturated carbocycles. The minimum absolute atomic E-state index is 0.0751. The number of fused-ring (bicyclic) bond motifs is 1. The Morgan fingerprint density at radius 1 is 0.776 bits per heavy atom. The number of esters is 3. The second-order valence-corrected chi connectivity index (χ2v) is 15.0. The number of ether oxygens (including phenoxy) is 3. The van der Waals surface area contributed by atoms with Crippen LogP contribution in [0.5, 0.6) is 0 Å². The van der Waals surface area contributed by atoms with E-state index in [-0.39, 0.29) is 25.2 Å². The summed E-state index contributed by atoms with van der Waals surface area (Å²) in [5, 5.41) is 8.96. The first-order valence-electron chi connectivity index (χ1n) is 16.7. The minimum atomic E-state index is -1.18. The molecule has 2 rings (SSSR count). The molecule has 1 aromatic heterocycles. The van der Waals surface area contributed by atoms with Crippen LogP contribution in [0.2, 0.25) is 0 Å². The van der Waals surface area contributed by atoms with Crippen LogP contribution in [0, 0.1) is 0 Å². The quantitative estimate of drug-likeness (QED) is 0.120. The average molecular weight is 686 g/mol. The third-order valence-electron chi connectivity index (χ3n) is 6.73. The van der Waals surface area contributed by atoms with E-state index in [0.29, 0.717) is 25.8 Å². The molecule has 49 heavy (non-hydrogen) atoms. The molecule has 1 heterocycles. The number of carbonyl (C=O) groups is 5. The van der Waals surface area contributed by atoms with Gasteiger partial charge in [0.25, 0.3) is 0 Å². The van der Waals surface area contributed by atoms with Crippen molar-refractivity contribution < 1.29 is 38.2 Å². The standard InChI is InChI=1S/C36H55N5O8/c1-34(2,3)47-29(42)18-17-28(32(45)49-36(7,8)9)41-33(46)40-27(31(44)48-35(4,5)6)14-10-11-19-39-30(43)25(37)22-23-15-16-26-24(21-23)13-12-20-38-26/h12-13,15-16,20-21,25,27-28H,10-11,14,17-19,22,37H2,1-9H3,(H,39,43)(H2,40,41,46)/t25-,27-,28-/m0/s1. The van der Waals surface area contributed by atoms with Gasteiger partial charge in [0.05, 0.1) is 11.6 Å². The molecule has 0 saturated heterocycles. The highest BCUT2D eigenvalue weighted by Crippen LogP contribution is 2.16. The van der Waals surface area contributed by atoms with Crippen LogP contribution in [0.4, 0.5) is 4.79 Å². The van der Waals surface area contributed by atoms with Gasteiger partial charge in [0.15, 0.2) is 0 Å². The predicted octanol–water partition coefficient (Wildman–Crippen LogP) is 4.23. The van der Waals surface area contributed by atoms with E-state index in [9.17, 15) is 24.0 Å². The summed E-state index contributed by atoms with van der Waals surface area (Å²) in [5.41, 5.74) is 5.58. The lowest BCUT2D eigenvalue weighted by molar-refractivity contribution is -0.159. The normalized spacial score (nSPS) is 13.8. The zero-order valence-corrected chi connectivity index (χ0v) is 30.4. The number of pyridine rings is 1. The second kappa shape index (κ2) is 17.9. The molecular formula is C36H55N5O8. The van der Waals surface area contributed by atoms with Gasteiger partial charge in [0, 0.05) is 24.5 Å². The minimum Gasteiger partial charge on any atom is -0.460 e. The first kappa shape index (κ1) is 40.9. The maximum atomic E-state index is 13.1. The summed E-state index contributed by atoms with van der Waals surface area (Å²) >= 11 is 0. The largest absolute Gasteiger partial charge is 0.460 e. The Morgan fingerprint density at radius 3 is 1.92 bits per heavy atom. The topological polar surface area (TPSA) is 188 Å². The summed E-state index contributed by atoms with van der Waals surface area (Å²) in [6, 6.07) is 5.78. The van der Waals surface area contributed by atoms with Crippen molar-refractivity contribution >= 4 is 40.7 Å². The molecule has 0 aliphatic heterocycles. The lowest BCUT2D eigenvalue weighted by atomic mass is 10.0. The van der Waals surface area contributed by atoms with Gasteiger partial charge in [-0.15, -0.1) is 0 Å². The Balaban J connectivity index is 1.97. The number of nitrogens with zero attached hydrogens (tertiary/aromatic N) is 1. The summed E-state index contributed by atoms with van der Waals surface area (Å²) in [6.45, 7) is 15.7. The molecule has 3 atom stereocenters. The molecule has 0 bridgehead atoms. The smallest absolute Gasteiger partial charge is 0.329 e. The van der Waals surface area contributed by atoms with Gasteiger partial charge in [-0.05, 0) is 118 Å². The van der Waals surface area contributed by atoms with Crippen LogP contribution in [0.25, 0.3) is 10.9 Å². The number of benzene rings is 1. The van der Waals surface area contributed by atoms with Crippen LogP contribution in [-0.4, -0.2) is 76.3 Å². The van der Waals surface area contributed by atoms with Gasteiger partial charge in [-0.25, -0.2) is 14.4 Å². The molecule has 0 aliphatic rings. The first-order chi connectivity index (χ1) is 22.6. The number of nitrogens with one attached hydrogen (secondary N) is 3. The highest BCUT2D eigenvalue weighted by molar-refractivity contribution is 5.87. The van der Waals surface area contributed by atoms with Crippen molar-refractivity contribution in [3.05, 3.63) is 42.1 Å². The number of aromatic nitrogens is 1. The fourth-order valence-electron chi connectivity index (χ4n) is 4.67. The second-order valence-electron chi connectivity index (χ2n) is 15.0. The molecule has 3 amide bonds. The lowest BCUT2D eigenvalue weighted by Crippen LogP contribution is -2.53. The number of rotatable bonds is 15. The van der Waals surface area contributed by atoms with E-state index < -0.39 is 58.9 Å². The lowest BCUT2D eigenvalue weighted by Gasteiger charge is -2.27. The number of unbranched alkanes of at least 4 members (excludes halogenated alkanes) is 1. The fraction of sp³-hybridized carbons (Fsp3) is 0.611. The zero-order chi connectivity index (χ0) is 37.0. The molecular weight excluding hydrogens is 630 g/mol. The summed E-state index contributed by atoms with van der Waals surface area (Å²) in [7, 11) is 0. The van der Waals surface area contributed by atoms with Crippen molar-refractivity contribution in [2.75, 3.05) is 6.54 Å². The maximum Gasteiger partial charge on any atom is 0.329 e. The number of carbonyl (C=O) groups excluding carboxylic acids is 5. The van der Waals surface area contributed by atoms with Gasteiger partial charge in [-0.1, -0.05) is 12.1 Å². The molecule has 0 aliphatic carbocycles. The molecule has 0 unspecified atom stereocenters. The third kappa shape index (κ3) is 16.6. The van der Waals surface area contributed by atoms with E-state index in [1.54, 1.807) is 68.5 Å². The number of hydrogen-bond donors (Lipinski definition) is 4. The van der Waals surface area contributed by atoms with Gasteiger partial charge >= 0.3 is 23.9 Å². The van der Waals surface area contributed by atoms with Crippen LogP contribution in [0.1, 0.15) is 100.0 Å². The Kier molecular flexibility index (Phi) is 15.0. The third-order valence-corrected chi connectivity index (χ3v) is 6.73. The van der Waals surface area contributed by atoms with Gasteiger partial charge in [0.1, 0.15) is 28.9 Å². The van der Waals surface area contributed by atoms with Crippen molar-refractivity contribution in [3.8, 4) is 0 Å². The summed E-state index contributed by atoms with van der Waals surface area (Å²) in [6.07, 6.45) is 3.01. The molecule has 13 nitrogen and oxygen atoms in total. The molecule has 0 fully saturated rings. The van der Waals surface area contributed by atoms with E-state index in [2.05, 4.69) is 20.9 Å². The fourth-order valence-corrected chi connectivity index (χ4v) is 4.67. The van der Waals surface area contributed by atoms with Crippen LogP contribution >= 0.6 is 0 Å². The summed E-state index contributed by atoms with van der Waals surface area (Å²) in [4.78, 5) is 68.4. The van der Waals surface area contributed by atoms with Gasteiger partial charge < -0.3 is 35.9 Å². The van der Waals surface area contributed by atoms with Crippen LogP contribution in [0.3, 0.4) is 0 Å². The average Bonchev–Trinajstić information content (AvgIpc) is 2.95. The Bertz CT molecular complexity index is 1440. The number of hydrogen-bond acceptors (Lipinski definition) is 10. The molecule has 2 aromatic rings. The van der Waals surface area contributed by atoms with E-state index in [4.69, 9.17) is 19.9 Å². The van der Waals surface area contributed by atoms with E-state index >= 15 is 0 Å². The predicted molar refractivity (Wildman–Crippen MR) is 186 cm³/mol. The maximum absolute atomic E-state index is 13.1. The molecule has 5 N–H and O–H groups in total. The van der Waals surface area contributed by atoms with Crippen molar-refractivity contribution in [1.29, 1.82) is 0 Å². The van der Waals surface area contributed by atoms with Crippen molar-refractivity contribution in [2.24, 2.45) is 5.73 Å².